The van der Waals surface area contributed by atoms with Gasteiger partial charge >= 0.3 is 5.97 Å². The summed E-state index contributed by atoms with van der Waals surface area (Å²) < 4.78 is 4.56. The Labute approximate surface area is 93.9 Å². The Hall–Kier alpha value is -1.68. The number of aliphatic hydroxyl groups is 1. The summed E-state index contributed by atoms with van der Waals surface area (Å²) in [5.41, 5.74) is 1.30. The largest absolute Gasteiger partial charge is 0.464 e. The average molecular weight is 222 g/mol. The molecule has 4 heteroatoms. The summed E-state index contributed by atoms with van der Waals surface area (Å²) in [6.07, 6.45) is -1.73. The Bertz CT molecular complexity index is 381. The highest BCUT2D eigenvalue weighted by Gasteiger charge is 2.25. The molecule has 0 amide bonds. The highest BCUT2D eigenvalue weighted by molar-refractivity contribution is 6.10. The molecule has 0 aliphatic heterocycles. The van der Waals surface area contributed by atoms with Gasteiger partial charge < -0.3 is 9.84 Å². The zero-order valence-electron chi connectivity index (χ0n) is 9.27. The Morgan fingerprint density at radius 1 is 1.31 bits per heavy atom. The Balaban J connectivity index is 2.78. The van der Waals surface area contributed by atoms with Crippen LogP contribution in [-0.2, 0) is 9.53 Å². The predicted octanol–water partition coefficient (Wildman–Crippen LogP) is 1.10. The SMILES string of the molecule is CCOC(=O)C(O)C(=O)c1ccc(C)cc1. The van der Waals surface area contributed by atoms with Crippen LogP contribution in [0.25, 0.3) is 0 Å². The van der Waals surface area contributed by atoms with Gasteiger partial charge in [0.25, 0.3) is 0 Å². The first-order chi connectivity index (χ1) is 7.56. The van der Waals surface area contributed by atoms with E-state index in [1.807, 2.05) is 6.92 Å². The number of aryl methyl sites for hydroxylation is 1. The Morgan fingerprint density at radius 2 is 1.88 bits per heavy atom. The lowest BCUT2D eigenvalue weighted by atomic mass is 10.0. The minimum Gasteiger partial charge on any atom is -0.464 e. The third-order valence-corrected chi connectivity index (χ3v) is 2.09. The lowest BCUT2D eigenvalue weighted by molar-refractivity contribution is -0.150. The Kier molecular flexibility index (Phi) is 4.19. The molecule has 0 radical (unpaired) electrons. The van der Waals surface area contributed by atoms with Crippen LogP contribution in [0.2, 0.25) is 0 Å². The Morgan fingerprint density at radius 3 is 2.38 bits per heavy atom. The quantitative estimate of drug-likeness (QED) is 0.470. The van der Waals surface area contributed by atoms with E-state index in [1.165, 1.54) is 0 Å². The molecule has 1 aromatic rings. The number of hydrogen-bond donors (Lipinski definition) is 1. The van der Waals surface area contributed by atoms with Gasteiger partial charge in [0.1, 0.15) is 0 Å². The molecule has 0 fully saturated rings. The molecule has 0 aliphatic rings. The van der Waals surface area contributed by atoms with Crippen LogP contribution in [0, 0.1) is 6.92 Å². The normalized spacial score (nSPS) is 11.9. The summed E-state index contributed by atoms with van der Waals surface area (Å²) in [6.45, 7) is 3.63. The third-order valence-electron chi connectivity index (χ3n) is 2.09. The van der Waals surface area contributed by atoms with Crippen molar-refractivity contribution in [2.24, 2.45) is 0 Å². The van der Waals surface area contributed by atoms with Crippen LogP contribution in [0.5, 0.6) is 0 Å². The van der Waals surface area contributed by atoms with Gasteiger partial charge in [-0.2, -0.15) is 0 Å². The fourth-order valence-corrected chi connectivity index (χ4v) is 1.20. The molecule has 1 unspecified atom stereocenters. The zero-order valence-corrected chi connectivity index (χ0v) is 9.27. The number of aliphatic hydroxyl groups excluding tert-OH is 1. The van der Waals surface area contributed by atoms with E-state index in [4.69, 9.17) is 0 Å². The van der Waals surface area contributed by atoms with Gasteiger partial charge in [-0.3, -0.25) is 4.79 Å². The highest BCUT2D eigenvalue weighted by atomic mass is 16.5. The van der Waals surface area contributed by atoms with Crippen molar-refractivity contribution in [3.63, 3.8) is 0 Å². The topological polar surface area (TPSA) is 63.6 Å². The summed E-state index contributed by atoms with van der Waals surface area (Å²) in [5.74, 6) is -1.55. The predicted molar refractivity (Wildman–Crippen MR) is 58.1 cm³/mol. The lowest BCUT2D eigenvalue weighted by Gasteiger charge is -2.08. The van der Waals surface area contributed by atoms with Crippen molar-refractivity contribution in [2.75, 3.05) is 6.61 Å². The fraction of sp³-hybridized carbons (Fsp3) is 0.333. The van der Waals surface area contributed by atoms with Gasteiger partial charge in [0.05, 0.1) is 6.61 Å². The van der Waals surface area contributed by atoms with E-state index in [0.29, 0.717) is 5.56 Å². The van der Waals surface area contributed by atoms with Gasteiger partial charge in [-0.15, -0.1) is 0 Å². The number of rotatable bonds is 4. The van der Waals surface area contributed by atoms with Gasteiger partial charge in [-0.25, -0.2) is 4.79 Å². The van der Waals surface area contributed by atoms with Gasteiger partial charge in [0, 0.05) is 5.56 Å². The van der Waals surface area contributed by atoms with Crippen LogP contribution in [0.15, 0.2) is 24.3 Å². The van der Waals surface area contributed by atoms with Crippen molar-refractivity contribution < 1.29 is 19.4 Å². The van der Waals surface area contributed by atoms with Crippen molar-refractivity contribution in [2.45, 2.75) is 20.0 Å². The number of ketones is 1. The molecule has 1 atom stereocenters. The second-order valence-electron chi connectivity index (χ2n) is 3.38. The summed E-state index contributed by atoms with van der Waals surface area (Å²) in [6, 6.07) is 6.62. The molecule has 1 aromatic carbocycles. The highest BCUT2D eigenvalue weighted by Crippen LogP contribution is 2.07. The van der Waals surface area contributed by atoms with E-state index >= 15 is 0 Å². The van der Waals surface area contributed by atoms with E-state index in [-0.39, 0.29) is 6.61 Å². The first-order valence-electron chi connectivity index (χ1n) is 5.02. The van der Waals surface area contributed by atoms with Crippen molar-refractivity contribution in [3.8, 4) is 0 Å². The van der Waals surface area contributed by atoms with E-state index < -0.39 is 17.9 Å². The van der Waals surface area contributed by atoms with Crippen LogP contribution < -0.4 is 0 Å². The van der Waals surface area contributed by atoms with Crippen molar-refractivity contribution in [3.05, 3.63) is 35.4 Å². The standard InChI is InChI=1S/C12H14O4/c1-3-16-12(15)11(14)10(13)9-6-4-8(2)5-7-9/h4-7,11,14H,3H2,1-2H3. The van der Waals surface area contributed by atoms with Crippen LogP contribution in [0.3, 0.4) is 0 Å². The van der Waals surface area contributed by atoms with Crippen LogP contribution >= 0.6 is 0 Å². The summed E-state index contributed by atoms with van der Waals surface area (Å²) in [5, 5.41) is 9.42. The molecule has 0 heterocycles. The molecule has 0 saturated carbocycles. The number of ether oxygens (including phenoxy) is 1. The van der Waals surface area contributed by atoms with Crippen LogP contribution in [0.1, 0.15) is 22.8 Å². The molecule has 0 saturated heterocycles. The second kappa shape index (κ2) is 5.42. The molecule has 0 aliphatic carbocycles. The smallest absolute Gasteiger partial charge is 0.343 e. The fourth-order valence-electron chi connectivity index (χ4n) is 1.20. The maximum Gasteiger partial charge on any atom is 0.343 e. The number of hydrogen-bond acceptors (Lipinski definition) is 4. The summed E-state index contributed by atoms with van der Waals surface area (Å²) in [4.78, 5) is 22.8. The summed E-state index contributed by atoms with van der Waals surface area (Å²) in [7, 11) is 0. The van der Waals surface area contributed by atoms with E-state index in [9.17, 15) is 14.7 Å². The molecule has 1 rings (SSSR count). The number of Topliss-reactive ketones (excluding diaryl/α,β-unsaturated/α-hetero) is 1. The number of esters is 1. The van der Waals surface area contributed by atoms with Crippen molar-refractivity contribution in [1.29, 1.82) is 0 Å². The second-order valence-corrected chi connectivity index (χ2v) is 3.38. The molecular weight excluding hydrogens is 208 g/mol. The monoisotopic (exact) mass is 222 g/mol. The first-order valence-corrected chi connectivity index (χ1v) is 5.02. The van der Waals surface area contributed by atoms with E-state index in [0.717, 1.165) is 5.56 Å². The molecule has 1 N–H and O–H groups in total. The summed E-state index contributed by atoms with van der Waals surface area (Å²) >= 11 is 0. The number of carbonyl (C=O) groups is 2. The number of carbonyl (C=O) groups excluding carboxylic acids is 2. The lowest BCUT2D eigenvalue weighted by Crippen LogP contribution is -2.31. The van der Waals surface area contributed by atoms with Crippen molar-refractivity contribution in [1.82, 2.24) is 0 Å². The molecule has 86 valence electrons. The van der Waals surface area contributed by atoms with Gasteiger partial charge in [-0.05, 0) is 13.8 Å². The maximum absolute atomic E-state index is 11.6. The first kappa shape index (κ1) is 12.4. The molecule has 4 nitrogen and oxygen atoms in total. The van der Waals surface area contributed by atoms with Gasteiger partial charge in [-0.1, -0.05) is 29.8 Å². The molecular formula is C12H14O4. The van der Waals surface area contributed by atoms with Gasteiger partial charge in [0.15, 0.2) is 0 Å². The molecule has 16 heavy (non-hydrogen) atoms. The van der Waals surface area contributed by atoms with Crippen LogP contribution in [-0.4, -0.2) is 29.6 Å². The minimum atomic E-state index is -1.73. The van der Waals surface area contributed by atoms with Crippen molar-refractivity contribution >= 4 is 11.8 Å². The van der Waals surface area contributed by atoms with E-state index in [1.54, 1.807) is 31.2 Å². The molecule has 0 aromatic heterocycles. The van der Waals surface area contributed by atoms with Gasteiger partial charge in [0.2, 0.25) is 11.9 Å². The molecule has 0 spiro atoms. The average Bonchev–Trinajstić information content (AvgIpc) is 2.28. The minimum absolute atomic E-state index is 0.136. The molecule has 0 bridgehead atoms. The third kappa shape index (κ3) is 2.90. The van der Waals surface area contributed by atoms with E-state index in [2.05, 4.69) is 4.74 Å². The number of benzene rings is 1. The zero-order chi connectivity index (χ0) is 12.1. The maximum atomic E-state index is 11.6. The van der Waals surface area contributed by atoms with Crippen LogP contribution in [0.4, 0.5) is 0 Å².